The van der Waals surface area contributed by atoms with Crippen LogP contribution in [0, 0.1) is 0 Å². The minimum atomic E-state index is -1.84. The van der Waals surface area contributed by atoms with Crippen LogP contribution in [-0.4, -0.2) is 76.9 Å². The number of carboxylic acids is 1. The molecule has 0 saturated carbocycles. The average Bonchev–Trinajstić information content (AvgIpc) is 3.55. The van der Waals surface area contributed by atoms with Gasteiger partial charge >= 0.3 is 12.1 Å². The predicted molar refractivity (Wildman–Crippen MR) is 143 cm³/mol. The maximum atomic E-state index is 13.7. The largest absolute Gasteiger partial charge is 0.479 e. The van der Waals surface area contributed by atoms with Gasteiger partial charge in [-0.05, 0) is 17.5 Å². The Morgan fingerprint density at radius 3 is 2.34 bits per heavy atom. The number of carbonyl (C=O) groups is 3. The second kappa shape index (κ2) is 11.7. The second-order valence-electron chi connectivity index (χ2n) is 9.39. The number of amides is 2. The van der Waals surface area contributed by atoms with Gasteiger partial charge in [-0.1, -0.05) is 60.7 Å². The zero-order chi connectivity index (χ0) is 29.1. The van der Waals surface area contributed by atoms with Crippen molar-refractivity contribution in [2.45, 2.75) is 43.5 Å². The first kappa shape index (κ1) is 27.6. The highest BCUT2D eigenvalue weighted by Gasteiger charge is 2.55. The molecule has 0 spiro atoms. The number of aliphatic hydroxyl groups excluding tert-OH is 1. The van der Waals surface area contributed by atoms with Crippen molar-refractivity contribution < 1.29 is 34.1 Å². The highest BCUT2D eigenvalue weighted by molar-refractivity contribution is 5.96. The van der Waals surface area contributed by atoms with Crippen molar-refractivity contribution in [1.82, 2.24) is 24.4 Å². The number of aromatic nitrogens is 4. The topological polar surface area (TPSA) is 209 Å². The van der Waals surface area contributed by atoms with Crippen LogP contribution >= 0.6 is 0 Å². The van der Waals surface area contributed by atoms with Crippen LogP contribution in [0.25, 0.3) is 11.2 Å². The number of hydrogen-bond acceptors (Lipinski definition) is 11. The number of nitrogen functional groups attached to an aromatic ring is 1. The van der Waals surface area contributed by atoms with E-state index in [1.807, 2.05) is 0 Å². The number of carboxylic acid groups (broad SMARTS) is 1. The lowest BCUT2D eigenvalue weighted by Crippen LogP contribution is -2.59. The Bertz CT molecular complexity index is 1550. The van der Waals surface area contributed by atoms with E-state index in [0.29, 0.717) is 16.0 Å². The Morgan fingerprint density at radius 1 is 1.02 bits per heavy atom. The van der Waals surface area contributed by atoms with Gasteiger partial charge in [0.2, 0.25) is 5.91 Å². The number of nitrogens with two attached hydrogens (primary N) is 2. The molecule has 14 nitrogen and oxygen atoms in total. The minimum absolute atomic E-state index is 0.0370. The van der Waals surface area contributed by atoms with Gasteiger partial charge < -0.3 is 31.2 Å². The number of imide groups is 1. The van der Waals surface area contributed by atoms with E-state index < -0.39 is 48.5 Å². The van der Waals surface area contributed by atoms with Crippen molar-refractivity contribution in [3.05, 3.63) is 84.4 Å². The van der Waals surface area contributed by atoms with Gasteiger partial charge in [0, 0.05) is 0 Å². The number of benzene rings is 2. The maximum absolute atomic E-state index is 13.7. The Labute approximate surface area is 233 Å². The number of hydrogen-bond donors (Lipinski definition) is 4. The van der Waals surface area contributed by atoms with Crippen molar-refractivity contribution in [3.63, 3.8) is 0 Å². The summed E-state index contributed by atoms with van der Waals surface area (Å²) in [5.74, 6) is -2.42. The number of fused-ring (bicyclic) bond motifs is 1. The summed E-state index contributed by atoms with van der Waals surface area (Å²) >= 11 is 0. The molecule has 5 rings (SSSR count). The standard InChI is InChI=1S/C27H27N7O7/c28-17(11-15-7-3-1-4-8-15)24(36)34(27(39)40-12-16-9-5-2-6-10-16)19-20(35)25(41-21(19)26(37)38)33-14-32-18-22(29)30-13-31-23(18)33/h1-10,13-14,17,19-21,25,35H,11-12,28H2,(H,37,38)(H2,29,30,31)/t17-,19+,20-,21+,25-/m1/s1. The number of imidazole rings is 1. The van der Waals surface area contributed by atoms with E-state index in [2.05, 4.69) is 15.0 Å². The SMILES string of the molecule is Nc1ncnc2c1ncn2[C@@H]1O[C@H](C(=O)O)[C@@H](N(C(=O)OCc2ccccc2)C(=O)[C@H](N)Cc2ccccc2)[C@H]1O. The van der Waals surface area contributed by atoms with Gasteiger partial charge in [0.25, 0.3) is 0 Å². The molecule has 4 aromatic rings. The normalized spacial score (nSPS) is 20.9. The first-order valence-electron chi connectivity index (χ1n) is 12.6. The van der Waals surface area contributed by atoms with Gasteiger partial charge in [-0.25, -0.2) is 29.4 Å². The maximum Gasteiger partial charge on any atom is 0.417 e. The van der Waals surface area contributed by atoms with Gasteiger partial charge in [0.1, 0.15) is 30.6 Å². The van der Waals surface area contributed by atoms with Crippen molar-refractivity contribution in [2.24, 2.45) is 5.73 Å². The molecule has 6 N–H and O–H groups in total. The molecule has 0 radical (unpaired) electrons. The molecule has 3 heterocycles. The first-order valence-corrected chi connectivity index (χ1v) is 12.6. The second-order valence-corrected chi connectivity index (χ2v) is 9.39. The molecule has 1 fully saturated rings. The molecular formula is C27H27N7O7. The molecule has 14 heteroatoms. The lowest BCUT2D eigenvalue weighted by Gasteiger charge is -2.31. The number of rotatable bonds is 8. The van der Waals surface area contributed by atoms with Crippen LogP contribution in [0.2, 0.25) is 0 Å². The van der Waals surface area contributed by atoms with Crippen molar-refractivity contribution >= 4 is 35.0 Å². The van der Waals surface area contributed by atoms with Crippen LogP contribution in [0.1, 0.15) is 17.4 Å². The summed E-state index contributed by atoms with van der Waals surface area (Å²) in [5, 5.41) is 21.5. The smallest absolute Gasteiger partial charge is 0.417 e. The Morgan fingerprint density at radius 2 is 1.68 bits per heavy atom. The number of ether oxygens (including phenoxy) is 2. The first-order chi connectivity index (χ1) is 19.8. The molecule has 2 amide bonds. The lowest BCUT2D eigenvalue weighted by molar-refractivity contribution is -0.154. The van der Waals surface area contributed by atoms with E-state index in [-0.39, 0.29) is 30.0 Å². The highest BCUT2D eigenvalue weighted by Crippen LogP contribution is 2.35. The summed E-state index contributed by atoms with van der Waals surface area (Å²) in [6.07, 6.45) is -3.75. The third-order valence-electron chi connectivity index (χ3n) is 6.70. The fourth-order valence-electron chi connectivity index (χ4n) is 4.72. The molecule has 2 aromatic heterocycles. The molecule has 0 aliphatic carbocycles. The number of aliphatic carboxylic acids is 1. The van der Waals surface area contributed by atoms with Crippen LogP contribution in [0.5, 0.6) is 0 Å². The summed E-state index contributed by atoms with van der Waals surface area (Å²) in [5.41, 5.74) is 13.8. The average molecular weight is 562 g/mol. The van der Waals surface area contributed by atoms with Crippen molar-refractivity contribution in [1.29, 1.82) is 0 Å². The molecule has 41 heavy (non-hydrogen) atoms. The summed E-state index contributed by atoms with van der Waals surface area (Å²) in [6.45, 7) is -0.218. The molecule has 5 atom stereocenters. The van der Waals surface area contributed by atoms with E-state index in [0.717, 1.165) is 0 Å². The zero-order valence-corrected chi connectivity index (χ0v) is 21.6. The lowest BCUT2D eigenvalue weighted by atomic mass is 10.0. The summed E-state index contributed by atoms with van der Waals surface area (Å²) in [4.78, 5) is 52.2. The van der Waals surface area contributed by atoms with Gasteiger partial charge in [-0.2, -0.15) is 0 Å². The molecule has 1 saturated heterocycles. The minimum Gasteiger partial charge on any atom is -0.479 e. The van der Waals surface area contributed by atoms with Crippen molar-refractivity contribution in [3.8, 4) is 0 Å². The number of carbonyl (C=O) groups excluding carboxylic acids is 2. The predicted octanol–water partition coefficient (Wildman–Crippen LogP) is 0.855. The number of anilines is 1. The van der Waals surface area contributed by atoms with Gasteiger partial charge in [-0.15, -0.1) is 0 Å². The van der Waals surface area contributed by atoms with Crippen LogP contribution in [-0.2, 0) is 32.1 Å². The van der Waals surface area contributed by atoms with Crippen LogP contribution in [0.3, 0.4) is 0 Å². The Balaban J connectivity index is 1.49. The Kier molecular flexibility index (Phi) is 7.87. The fraction of sp³-hybridized carbons (Fsp3) is 0.259. The number of aliphatic hydroxyl groups is 1. The fourth-order valence-corrected chi connectivity index (χ4v) is 4.72. The third-order valence-corrected chi connectivity index (χ3v) is 6.70. The summed E-state index contributed by atoms with van der Waals surface area (Å²) in [6, 6.07) is 14.5. The van der Waals surface area contributed by atoms with Gasteiger partial charge in [0.05, 0.1) is 12.4 Å². The molecule has 1 aliphatic heterocycles. The molecule has 0 unspecified atom stereocenters. The van der Waals surface area contributed by atoms with E-state index >= 15 is 0 Å². The van der Waals surface area contributed by atoms with Crippen LogP contribution in [0.15, 0.2) is 73.3 Å². The van der Waals surface area contributed by atoms with Gasteiger partial charge in [-0.3, -0.25) is 9.36 Å². The van der Waals surface area contributed by atoms with E-state index in [4.69, 9.17) is 20.9 Å². The van der Waals surface area contributed by atoms with Gasteiger partial charge in [0.15, 0.2) is 23.8 Å². The molecular weight excluding hydrogens is 534 g/mol. The third kappa shape index (κ3) is 5.56. The van der Waals surface area contributed by atoms with E-state index in [9.17, 15) is 24.6 Å². The Hall–Kier alpha value is -4.92. The highest BCUT2D eigenvalue weighted by atomic mass is 16.6. The summed E-state index contributed by atoms with van der Waals surface area (Å²) < 4.78 is 12.4. The monoisotopic (exact) mass is 561 g/mol. The van der Waals surface area contributed by atoms with E-state index in [1.54, 1.807) is 60.7 Å². The summed E-state index contributed by atoms with van der Waals surface area (Å²) in [7, 11) is 0. The molecule has 212 valence electrons. The van der Waals surface area contributed by atoms with Crippen LogP contribution < -0.4 is 11.5 Å². The van der Waals surface area contributed by atoms with E-state index in [1.165, 1.54) is 17.2 Å². The van der Waals surface area contributed by atoms with Crippen LogP contribution in [0.4, 0.5) is 10.6 Å². The molecule has 1 aliphatic rings. The molecule has 0 bridgehead atoms. The quantitative estimate of drug-likeness (QED) is 0.236. The zero-order valence-electron chi connectivity index (χ0n) is 21.6. The molecule has 2 aromatic carbocycles. The number of nitrogens with zero attached hydrogens (tertiary/aromatic N) is 5. The van der Waals surface area contributed by atoms with Crippen molar-refractivity contribution in [2.75, 3.05) is 5.73 Å².